The van der Waals surface area contributed by atoms with Crippen LogP contribution >= 0.6 is 0 Å². The smallest absolute Gasteiger partial charge is 0.251 e. The van der Waals surface area contributed by atoms with E-state index in [1.807, 2.05) is 60.7 Å². The first-order chi connectivity index (χ1) is 15.2. The second-order valence-corrected chi connectivity index (χ2v) is 8.21. The number of aromatic nitrogens is 4. The minimum atomic E-state index is -0.00907. The zero-order valence-electron chi connectivity index (χ0n) is 17.1. The fourth-order valence-electron chi connectivity index (χ4n) is 4.03. The van der Waals surface area contributed by atoms with Gasteiger partial charge in [-0.1, -0.05) is 18.2 Å². The molecular formula is C25H21N5O. The molecule has 0 atom stereocenters. The summed E-state index contributed by atoms with van der Waals surface area (Å²) in [6.45, 7) is 0. The third kappa shape index (κ3) is 3.17. The number of pyridine rings is 1. The number of carbonyl (C=O) groups excluding carboxylic acids is 1. The van der Waals surface area contributed by atoms with E-state index in [4.69, 9.17) is 0 Å². The highest BCUT2D eigenvalue weighted by atomic mass is 16.1. The maximum absolute atomic E-state index is 12.5. The van der Waals surface area contributed by atoms with Gasteiger partial charge in [0.2, 0.25) is 0 Å². The average Bonchev–Trinajstić information content (AvgIpc) is 3.40. The topological polar surface area (TPSA) is 75.6 Å². The summed E-state index contributed by atoms with van der Waals surface area (Å²) in [4.78, 5) is 24.8. The number of carbonyl (C=O) groups is 1. The average molecular weight is 407 g/mol. The number of imidazole rings is 1. The molecule has 6 rings (SSSR count). The molecule has 1 amide bonds. The van der Waals surface area contributed by atoms with Gasteiger partial charge >= 0.3 is 0 Å². The number of aromatic amines is 1. The minimum Gasteiger partial charge on any atom is -0.349 e. The van der Waals surface area contributed by atoms with Gasteiger partial charge in [-0.2, -0.15) is 0 Å². The lowest BCUT2D eigenvalue weighted by Crippen LogP contribution is -2.25. The van der Waals surface area contributed by atoms with Crippen molar-refractivity contribution in [2.45, 2.75) is 18.9 Å². The highest BCUT2D eigenvalue weighted by Gasteiger charge is 2.23. The van der Waals surface area contributed by atoms with Gasteiger partial charge in [-0.05, 0) is 54.3 Å². The molecule has 1 fully saturated rings. The molecule has 0 saturated heterocycles. The Morgan fingerprint density at radius 1 is 1.06 bits per heavy atom. The van der Waals surface area contributed by atoms with Gasteiger partial charge in [-0.3, -0.25) is 4.79 Å². The van der Waals surface area contributed by atoms with Crippen LogP contribution in [0.2, 0.25) is 0 Å². The third-order valence-electron chi connectivity index (χ3n) is 5.94. The Hall–Kier alpha value is -3.93. The predicted molar refractivity (Wildman–Crippen MR) is 122 cm³/mol. The standard InChI is InChI=1S/C25H21N5O/c1-30-14-28-22-8-5-16(11-23(22)30)21-13-27-24-20(21)10-18(12-26-24)15-3-2-4-17(9-15)25(31)29-19-6-7-19/h2-5,8-14,19H,6-7H2,1H3,(H,26,27)(H,29,31). The van der Waals surface area contributed by atoms with E-state index < -0.39 is 0 Å². The van der Waals surface area contributed by atoms with Gasteiger partial charge in [0.15, 0.2) is 0 Å². The summed E-state index contributed by atoms with van der Waals surface area (Å²) in [6.07, 6.45) is 7.83. The van der Waals surface area contributed by atoms with Gasteiger partial charge in [0.1, 0.15) is 5.65 Å². The Balaban J connectivity index is 1.41. The van der Waals surface area contributed by atoms with Crippen molar-refractivity contribution in [3.8, 4) is 22.3 Å². The van der Waals surface area contributed by atoms with Crippen molar-refractivity contribution in [1.29, 1.82) is 0 Å². The quantitative estimate of drug-likeness (QED) is 0.454. The number of nitrogens with one attached hydrogen (secondary N) is 2. The molecule has 0 aliphatic heterocycles. The lowest BCUT2D eigenvalue weighted by molar-refractivity contribution is 0.0951. The highest BCUT2D eigenvalue weighted by Crippen LogP contribution is 2.32. The predicted octanol–water partition coefficient (Wildman–Crippen LogP) is 4.68. The van der Waals surface area contributed by atoms with E-state index in [9.17, 15) is 4.79 Å². The van der Waals surface area contributed by atoms with E-state index in [0.29, 0.717) is 11.6 Å². The molecule has 152 valence electrons. The zero-order valence-corrected chi connectivity index (χ0v) is 17.1. The van der Waals surface area contributed by atoms with Crippen LogP contribution in [0.25, 0.3) is 44.3 Å². The maximum atomic E-state index is 12.5. The number of hydrogen-bond acceptors (Lipinski definition) is 3. The highest BCUT2D eigenvalue weighted by molar-refractivity contribution is 5.99. The molecule has 0 radical (unpaired) electrons. The normalized spacial score (nSPS) is 13.7. The Bertz CT molecular complexity index is 1460. The molecule has 6 heteroatoms. The van der Waals surface area contributed by atoms with Crippen LogP contribution in [-0.2, 0) is 7.05 Å². The zero-order chi connectivity index (χ0) is 20.9. The fraction of sp³-hybridized carbons (Fsp3) is 0.160. The summed E-state index contributed by atoms with van der Waals surface area (Å²) < 4.78 is 2.02. The summed E-state index contributed by atoms with van der Waals surface area (Å²) in [5, 5.41) is 4.10. The van der Waals surface area contributed by atoms with Crippen LogP contribution < -0.4 is 5.32 Å². The van der Waals surface area contributed by atoms with Crippen LogP contribution in [0, 0.1) is 0 Å². The monoisotopic (exact) mass is 407 g/mol. The van der Waals surface area contributed by atoms with Crippen LogP contribution in [0.5, 0.6) is 0 Å². The lowest BCUT2D eigenvalue weighted by atomic mass is 10.0. The second kappa shape index (κ2) is 6.80. The number of H-pyrrole nitrogens is 1. The SMILES string of the molecule is Cn1cnc2ccc(-c3c[nH]c4ncc(-c5cccc(C(=O)NC6CC6)c5)cc34)cc21. The van der Waals surface area contributed by atoms with E-state index in [-0.39, 0.29) is 5.91 Å². The van der Waals surface area contributed by atoms with Gasteiger partial charge in [-0.15, -0.1) is 0 Å². The van der Waals surface area contributed by atoms with Crippen molar-refractivity contribution < 1.29 is 4.79 Å². The van der Waals surface area contributed by atoms with E-state index in [2.05, 4.69) is 38.5 Å². The van der Waals surface area contributed by atoms with Crippen molar-refractivity contribution in [2.24, 2.45) is 7.05 Å². The summed E-state index contributed by atoms with van der Waals surface area (Å²) >= 11 is 0. The van der Waals surface area contributed by atoms with Crippen LogP contribution in [0.1, 0.15) is 23.2 Å². The summed E-state index contributed by atoms with van der Waals surface area (Å²) in [6, 6.07) is 16.5. The molecule has 3 heterocycles. The Morgan fingerprint density at radius 3 is 2.84 bits per heavy atom. The Labute approximate surface area is 179 Å². The van der Waals surface area contributed by atoms with Crippen molar-refractivity contribution >= 4 is 28.0 Å². The molecule has 0 unspecified atom stereocenters. The molecule has 5 aromatic rings. The van der Waals surface area contributed by atoms with E-state index >= 15 is 0 Å². The van der Waals surface area contributed by atoms with E-state index in [0.717, 1.165) is 57.2 Å². The minimum absolute atomic E-state index is 0.00907. The Morgan fingerprint density at radius 2 is 1.97 bits per heavy atom. The molecule has 1 aliphatic carbocycles. The number of amides is 1. The molecule has 0 spiro atoms. The van der Waals surface area contributed by atoms with Crippen molar-refractivity contribution in [2.75, 3.05) is 0 Å². The molecule has 3 aromatic heterocycles. The van der Waals surface area contributed by atoms with Gasteiger partial charge in [0, 0.05) is 47.6 Å². The van der Waals surface area contributed by atoms with Gasteiger partial charge < -0.3 is 14.9 Å². The van der Waals surface area contributed by atoms with Gasteiger partial charge in [-0.25, -0.2) is 9.97 Å². The van der Waals surface area contributed by atoms with Crippen molar-refractivity contribution in [3.63, 3.8) is 0 Å². The molecule has 6 nitrogen and oxygen atoms in total. The van der Waals surface area contributed by atoms with Crippen molar-refractivity contribution in [1.82, 2.24) is 24.8 Å². The van der Waals surface area contributed by atoms with E-state index in [1.54, 1.807) is 0 Å². The maximum Gasteiger partial charge on any atom is 0.251 e. The Kier molecular flexibility index (Phi) is 3.93. The molecular weight excluding hydrogens is 386 g/mol. The number of fused-ring (bicyclic) bond motifs is 2. The molecule has 0 bridgehead atoms. The molecule has 1 saturated carbocycles. The molecule has 1 aliphatic rings. The first-order valence-corrected chi connectivity index (χ1v) is 10.5. The summed E-state index contributed by atoms with van der Waals surface area (Å²) in [7, 11) is 2.00. The molecule has 2 aromatic carbocycles. The summed E-state index contributed by atoms with van der Waals surface area (Å²) in [5.74, 6) is -0.00907. The number of nitrogens with zero attached hydrogens (tertiary/aromatic N) is 3. The number of aryl methyl sites for hydroxylation is 1. The number of rotatable bonds is 4. The molecule has 31 heavy (non-hydrogen) atoms. The largest absolute Gasteiger partial charge is 0.349 e. The van der Waals surface area contributed by atoms with Crippen LogP contribution in [0.15, 0.2) is 67.3 Å². The third-order valence-corrected chi connectivity index (χ3v) is 5.94. The fourth-order valence-corrected chi connectivity index (χ4v) is 4.03. The number of hydrogen-bond donors (Lipinski definition) is 2. The van der Waals surface area contributed by atoms with Crippen molar-refractivity contribution in [3.05, 3.63) is 72.8 Å². The van der Waals surface area contributed by atoms with Crippen LogP contribution in [0.4, 0.5) is 0 Å². The van der Waals surface area contributed by atoms with Crippen LogP contribution in [0.3, 0.4) is 0 Å². The van der Waals surface area contributed by atoms with Gasteiger partial charge in [0.25, 0.3) is 5.91 Å². The first-order valence-electron chi connectivity index (χ1n) is 10.5. The first kappa shape index (κ1) is 17.9. The summed E-state index contributed by atoms with van der Waals surface area (Å²) in [5.41, 5.74) is 7.75. The van der Waals surface area contributed by atoms with E-state index in [1.165, 1.54) is 0 Å². The van der Waals surface area contributed by atoms with Crippen LogP contribution in [-0.4, -0.2) is 31.5 Å². The molecule has 2 N–H and O–H groups in total. The number of benzene rings is 2. The second-order valence-electron chi connectivity index (χ2n) is 8.21. The van der Waals surface area contributed by atoms with Gasteiger partial charge in [0.05, 0.1) is 17.4 Å². The lowest BCUT2D eigenvalue weighted by Gasteiger charge is -2.07.